The summed E-state index contributed by atoms with van der Waals surface area (Å²) in [6.45, 7) is 0. The van der Waals surface area contributed by atoms with Crippen molar-refractivity contribution in [3.63, 3.8) is 0 Å². The third-order valence-electron chi connectivity index (χ3n) is 2.27. The van der Waals surface area contributed by atoms with E-state index in [9.17, 15) is 4.79 Å². The Morgan fingerprint density at radius 2 is 1.70 bits per heavy atom. The summed E-state index contributed by atoms with van der Waals surface area (Å²) >= 11 is 0. The average Bonchev–Trinajstić information content (AvgIpc) is 3.17. The number of nitrogens with zero attached hydrogens (tertiary/aromatic N) is 4. The molecule has 0 atom stereocenters. The molecule has 0 fully saturated rings. The van der Waals surface area contributed by atoms with Gasteiger partial charge in [0.2, 0.25) is 11.8 Å². The van der Waals surface area contributed by atoms with E-state index in [1.165, 1.54) is 12.5 Å². The third-order valence-corrected chi connectivity index (χ3v) is 2.27. The molecule has 0 aromatic carbocycles. The molecule has 0 aliphatic carbocycles. The van der Waals surface area contributed by atoms with Gasteiger partial charge in [0, 0.05) is 0 Å². The Hall–Kier alpha value is -3.41. The Morgan fingerprint density at radius 3 is 2.35 bits per heavy atom. The van der Waals surface area contributed by atoms with Crippen LogP contribution in [-0.2, 0) is 0 Å². The van der Waals surface area contributed by atoms with E-state index in [1.807, 2.05) is 0 Å². The topological polar surface area (TPSA) is 139 Å². The van der Waals surface area contributed by atoms with Crippen LogP contribution < -0.4 is 0 Å². The first kappa shape index (κ1) is 11.7. The van der Waals surface area contributed by atoms with Gasteiger partial charge in [-0.05, 0) is 0 Å². The first-order valence-corrected chi connectivity index (χ1v) is 5.18. The van der Waals surface area contributed by atoms with Gasteiger partial charge in [0.1, 0.15) is 18.8 Å². The SMILES string of the molecule is N#Cc1nc(-c2nc(-c3nc(C(=O)O)co3)co2)co1. The lowest BCUT2D eigenvalue weighted by Crippen LogP contribution is -1.95. The number of hydrogen-bond donors (Lipinski definition) is 1. The molecule has 98 valence electrons. The highest BCUT2D eigenvalue weighted by atomic mass is 16.4. The molecule has 3 aromatic heterocycles. The second kappa shape index (κ2) is 4.36. The van der Waals surface area contributed by atoms with Crippen molar-refractivity contribution in [2.75, 3.05) is 0 Å². The van der Waals surface area contributed by atoms with E-state index in [-0.39, 0.29) is 34.8 Å². The van der Waals surface area contributed by atoms with Crippen LogP contribution in [0.1, 0.15) is 16.4 Å². The Bertz CT molecular complexity index is 822. The number of rotatable bonds is 3. The zero-order valence-electron chi connectivity index (χ0n) is 9.60. The van der Waals surface area contributed by atoms with Gasteiger partial charge in [-0.1, -0.05) is 0 Å². The largest absolute Gasteiger partial charge is 0.476 e. The second-order valence-corrected chi connectivity index (χ2v) is 3.53. The van der Waals surface area contributed by atoms with Crippen LogP contribution in [0.4, 0.5) is 0 Å². The molecule has 0 spiro atoms. The van der Waals surface area contributed by atoms with Crippen LogP contribution in [-0.4, -0.2) is 26.0 Å². The van der Waals surface area contributed by atoms with Gasteiger partial charge in [-0.25, -0.2) is 14.8 Å². The molecule has 0 saturated heterocycles. The summed E-state index contributed by atoms with van der Waals surface area (Å²) in [6, 6.07) is 1.73. The van der Waals surface area contributed by atoms with Crippen molar-refractivity contribution in [3.8, 4) is 29.2 Å². The number of nitriles is 1. The van der Waals surface area contributed by atoms with E-state index >= 15 is 0 Å². The van der Waals surface area contributed by atoms with Gasteiger partial charge >= 0.3 is 11.9 Å². The molecular formula is C11H4N4O5. The number of carboxylic acids is 1. The molecule has 0 bridgehead atoms. The monoisotopic (exact) mass is 272 g/mol. The first-order valence-electron chi connectivity index (χ1n) is 5.18. The second-order valence-electron chi connectivity index (χ2n) is 3.53. The summed E-state index contributed by atoms with van der Waals surface area (Å²) in [6.07, 6.45) is 3.44. The summed E-state index contributed by atoms with van der Waals surface area (Å²) < 4.78 is 14.9. The highest BCUT2D eigenvalue weighted by Crippen LogP contribution is 2.23. The van der Waals surface area contributed by atoms with Gasteiger partial charge in [0.15, 0.2) is 23.2 Å². The van der Waals surface area contributed by atoms with E-state index in [2.05, 4.69) is 15.0 Å². The Kier molecular flexibility index (Phi) is 2.54. The predicted molar refractivity (Wildman–Crippen MR) is 59.2 cm³/mol. The Labute approximate surface area is 110 Å². The smallest absolute Gasteiger partial charge is 0.357 e. The standard InChI is InChI=1S/C11H4N4O5/c12-1-8-13-5(2-18-8)9-14-6(3-19-9)10-15-7(4-20-10)11(16)17/h2-4H,(H,16,17). The zero-order chi connectivity index (χ0) is 14.1. The normalized spacial score (nSPS) is 10.3. The van der Waals surface area contributed by atoms with Crippen LogP contribution in [0.15, 0.2) is 32.0 Å². The lowest BCUT2D eigenvalue weighted by Gasteiger charge is -1.84. The van der Waals surface area contributed by atoms with Gasteiger partial charge < -0.3 is 18.4 Å². The van der Waals surface area contributed by atoms with E-state index in [4.69, 9.17) is 23.6 Å². The van der Waals surface area contributed by atoms with Crippen molar-refractivity contribution in [1.82, 2.24) is 15.0 Å². The molecule has 9 nitrogen and oxygen atoms in total. The van der Waals surface area contributed by atoms with Gasteiger partial charge in [-0.2, -0.15) is 10.2 Å². The maximum Gasteiger partial charge on any atom is 0.357 e. The molecule has 1 N–H and O–H groups in total. The van der Waals surface area contributed by atoms with Crippen molar-refractivity contribution < 1.29 is 23.2 Å². The van der Waals surface area contributed by atoms with Crippen molar-refractivity contribution in [1.29, 1.82) is 5.26 Å². The number of carboxylic acid groups (broad SMARTS) is 1. The van der Waals surface area contributed by atoms with Crippen molar-refractivity contribution in [2.24, 2.45) is 0 Å². The highest BCUT2D eigenvalue weighted by molar-refractivity contribution is 5.85. The van der Waals surface area contributed by atoms with Crippen molar-refractivity contribution in [3.05, 3.63) is 30.4 Å². The van der Waals surface area contributed by atoms with Crippen LogP contribution in [0, 0.1) is 11.3 Å². The molecule has 0 radical (unpaired) electrons. The van der Waals surface area contributed by atoms with Gasteiger partial charge in [-0.15, -0.1) is 0 Å². The minimum atomic E-state index is -1.21. The number of aromatic nitrogens is 3. The minimum Gasteiger partial charge on any atom is -0.476 e. The lowest BCUT2D eigenvalue weighted by molar-refractivity contribution is 0.0690. The summed E-state index contributed by atoms with van der Waals surface area (Å²) in [4.78, 5) is 22.2. The van der Waals surface area contributed by atoms with E-state index in [0.29, 0.717) is 0 Å². The quantitative estimate of drug-likeness (QED) is 0.751. The molecule has 0 aliphatic heterocycles. The van der Waals surface area contributed by atoms with Crippen LogP contribution in [0.2, 0.25) is 0 Å². The van der Waals surface area contributed by atoms with Crippen LogP contribution in [0.3, 0.4) is 0 Å². The van der Waals surface area contributed by atoms with Crippen LogP contribution in [0.25, 0.3) is 23.2 Å². The number of aromatic carboxylic acids is 1. The fourth-order valence-corrected chi connectivity index (χ4v) is 1.40. The van der Waals surface area contributed by atoms with Crippen molar-refractivity contribution in [2.45, 2.75) is 0 Å². The lowest BCUT2D eigenvalue weighted by atomic mass is 10.4. The van der Waals surface area contributed by atoms with E-state index in [0.717, 1.165) is 6.26 Å². The fraction of sp³-hybridized carbons (Fsp3) is 0. The Balaban J connectivity index is 1.93. The van der Waals surface area contributed by atoms with Crippen molar-refractivity contribution >= 4 is 5.97 Å². The van der Waals surface area contributed by atoms with Gasteiger partial charge in [0.25, 0.3) is 0 Å². The molecule has 20 heavy (non-hydrogen) atoms. The molecule has 3 aromatic rings. The fourth-order valence-electron chi connectivity index (χ4n) is 1.40. The van der Waals surface area contributed by atoms with E-state index < -0.39 is 5.97 Å². The molecule has 9 heteroatoms. The molecule has 0 saturated carbocycles. The highest BCUT2D eigenvalue weighted by Gasteiger charge is 2.17. The zero-order valence-corrected chi connectivity index (χ0v) is 9.60. The Morgan fingerprint density at radius 1 is 1.05 bits per heavy atom. The van der Waals surface area contributed by atoms with E-state index in [1.54, 1.807) is 6.07 Å². The number of oxazole rings is 3. The number of carbonyl (C=O) groups is 1. The summed E-state index contributed by atoms with van der Waals surface area (Å²) in [5, 5.41) is 17.3. The maximum atomic E-state index is 10.7. The third kappa shape index (κ3) is 1.91. The maximum absolute atomic E-state index is 10.7. The molecule has 3 heterocycles. The molecule has 0 aliphatic rings. The molecule has 3 rings (SSSR count). The van der Waals surface area contributed by atoms with Gasteiger partial charge in [-0.3, -0.25) is 0 Å². The number of hydrogen-bond acceptors (Lipinski definition) is 8. The minimum absolute atomic E-state index is 0.00130. The van der Waals surface area contributed by atoms with Crippen LogP contribution in [0.5, 0.6) is 0 Å². The summed E-state index contributed by atoms with van der Waals surface area (Å²) in [5.41, 5.74) is 0.199. The van der Waals surface area contributed by atoms with Gasteiger partial charge in [0.05, 0.1) is 0 Å². The molecule has 0 unspecified atom stereocenters. The summed E-state index contributed by atoms with van der Waals surface area (Å²) in [5.74, 6) is -1.23. The predicted octanol–water partition coefficient (Wildman–Crippen LogP) is 1.55. The molecule has 0 amide bonds. The average molecular weight is 272 g/mol. The first-order chi connectivity index (χ1) is 9.67. The van der Waals surface area contributed by atoms with Crippen LogP contribution >= 0.6 is 0 Å². The summed E-state index contributed by atoms with van der Waals surface area (Å²) in [7, 11) is 0. The molecular weight excluding hydrogens is 268 g/mol.